The van der Waals surface area contributed by atoms with E-state index in [1.54, 1.807) is 29.2 Å². The zero-order valence-electron chi connectivity index (χ0n) is 25.1. The number of carbonyl (C=O) groups is 2. The maximum absolute atomic E-state index is 13.4. The number of likely N-dealkylation sites (tertiary alicyclic amines) is 1. The van der Waals surface area contributed by atoms with Gasteiger partial charge in [0.05, 0.1) is 18.2 Å². The van der Waals surface area contributed by atoms with Crippen molar-refractivity contribution in [1.82, 2.24) is 9.80 Å². The van der Waals surface area contributed by atoms with E-state index in [-0.39, 0.29) is 11.3 Å². The first-order valence-electron chi connectivity index (χ1n) is 14.7. The normalized spacial score (nSPS) is 16.3. The minimum Gasteiger partial charge on any atom is -0.507 e. The summed E-state index contributed by atoms with van der Waals surface area (Å²) in [6.45, 7) is 6.41. The third-order valence-electron chi connectivity index (χ3n) is 7.37. The second-order valence-corrected chi connectivity index (χ2v) is 11.1. The number of aliphatic hydroxyl groups excluding tert-OH is 1. The van der Waals surface area contributed by atoms with Crippen LogP contribution in [0.3, 0.4) is 0 Å². The number of ether oxygens (including phenoxy) is 2. The van der Waals surface area contributed by atoms with E-state index in [1.165, 1.54) is 5.56 Å². The van der Waals surface area contributed by atoms with Crippen LogP contribution in [0.25, 0.3) is 5.76 Å². The highest BCUT2D eigenvalue weighted by Crippen LogP contribution is 2.40. The summed E-state index contributed by atoms with van der Waals surface area (Å²) < 4.78 is 11.8. The molecule has 7 nitrogen and oxygen atoms in total. The summed E-state index contributed by atoms with van der Waals surface area (Å²) in [4.78, 5) is 30.2. The van der Waals surface area contributed by atoms with E-state index in [0.717, 1.165) is 42.7 Å². The molecule has 0 saturated carbocycles. The average Bonchev–Trinajstić information content (AvgIpc) is 3.23. The van der Waals surface area contributed by atoms with Gasteiger partial charge in [0.1, 0.15) is 23.9 Å². The van der Waals surface area contributed by atoms with E-state index in [2.05, 4.69) is 13.0 Å². The zero-order chi connectivity index (χ0) is 30.1. The molecule has 0 bridgehead atoms. The first-order chi connectivity index (χ1) is 20.3. The van der Waals surface area contributed by atoms with E-state index in [0.29, 0.717) is 37.5 Å². The lowest BCUT2D eigenvalue weighted by molar-refractivity contribution is -0.139. The van der Waals surface area contributed by atoms with Crippen LogP contribution in [-0.4, -0.2) is 60.4 Å². The predicted molar refractivity (Wildman–Crippen MR) is 166 cm³/mol. The fourth-order valence-electron chi connectivity index (χ4n) is 5.14. The lowest BCUT2D eigenvalue weighted by Crippen LogP contribution is -2.32. The number of hydrogen-bond donors (Lipinski definition) is 1. The monoisotopic (exact) mass is 570 g/mol. The minimum absolute atomic E-state index is 0.0925. The molecule has 0 aliphatic carbocycles. The molecule has 1 saturated heterocycles. The molecule has 7 heteroatoms. The van der Waals surface area contributed by atoms with Crippen molar-refractivity contribution in [2.75, 3.05) is 33.8 Å². The number of benzene rings is 3. The summed E-state index contributed by atoms with van der Waals surface area (Å²) in [5.74, 6) is -0.0946. The molecular formula is C35H42N2O5. The highest BCUT2D eigenvalue weighted by Gasteiger charge is 2.45. The molecule has 1 heterocycles. The number of ketones is 1. The van der Waals surface area contributed by atoms with Gasteiger partial charge in [-0.2, -0.15) is 0 Å². The third-order valence-corrected chi connectivity index (χ3v) is 7.37. The maximum atomic E-state index is 13.4. The van der Waals surface area contributed by atoms with Crippen LogP contribution < -0.4 is 9.47 Å². The topological polar surface area (TPSA) is 79.3 Å². The predicted octanol–water partition coefficient (Wildman–Crippen LogP) is 6.52. The molecule has 0 radical (unpaired) electrons. The fourth-order valence-corrected chi connectivity index (χ4v) is 5.14. The Labute approximate surface area is 249 Å². The molecule has 4 rings (SSSR count). The molecule has 0 spiro atoms. The van der Waals surface area contributed by atoms with Crippen molar-refractivity contribution in [2.45, 2.75) is 52.2 Å². The molecule has 3 aromatic carbocycles. The smallest absolute Gasteiger partial charge is 0.295 e. The van der Waals surface area contributed by atoms with Crippen LogP contribution in [0.15, 0.2) is 78.4 Å². The van der Waals surface area contributed by atoms with Gasteiger partial charge in [-0.15, -0.1) is 0 Å². The summed E-state index contributed by atoms with van der Waals surface area (Å²) in [6.07, 6.45) is 3.92. The average molecular weight is 571 g/mol. The van der Waals surface area contributed by atoms with Gasteiger partial charge in [0, 0.05) is 12.1 Å². The number of amides is 1. The molecule has 1 aliphatic rings. The van der Waals surface area contributed by atoms with Gasteiger partial charge in [0.2, 0.25) is 0 Å². The Balaban J connectivity index is 1.59. The van der Waals surface area contributed by atoms with Crippen molar-refractivity contribution in [3.05, 3.63) is 101 Å². The Morgan fingerprint density at radius 3 is 2.26 bits per heavy atom. The van der Waals surface area contributed by atoms with E-state index >= 15 is 0 Å². The molecule has 1 amide bonds. The highest BCUT2D eigenvalue weighted by molar-refractivity contribution is 6.46. The second kappa shape index (κ2) is 14.7. The van der Waals surface area contributed by atoms with Crippen LogP contribution in [0.1, 0.15) is 60.9 Å². The summed E-state index contributed by atoms with van der Waals surface area (Å²) >= 11 is 0. The molecule has 1 aliphatic heterocycles. The lowest BCUT2D eigenvalue weighted by Gasteiger charge is -2.26. The first-order valence-corrected chi connectivity index (χ1v) is 14.7. The van der Waals surface area contributed by atoms with Crippen LogP contribution in [0.4, 0.5) is 0 Å². The van der Waals surface area contributed by atoms with Crippen LogP contribution in [-0.2, 0) is 16.2 Å². The zero-order valence-corrected chi connectivity index (χ0v) is 25.1. The van der Waals surface area contributed by atoms with Gasteiger partial charge in [0.15, 0.2) is 0 Å². The second-order valence-electron chi connectivity index (χ2n) is 11.1. The molecular weight excluding hydrogens is 528 g/mol. The van der Waals surface area contributed by atoms with Gasteiger partial charge in [-0.1, -0.05) is 61.7 Å². The summed E-state index contributed by atoms with van der Waals surface area (Å²) in [5, 5.41) is 11.4. The standard InChI is InChI=1S/C35H42N2O5/c1-5-6-7-22-41-29-16-12-27(13-17-29)32-31(34(39)35(40)37(32)21-9-20-36(3)4)33(38)28-14-18-30(19-15-28)42-24-26-11-8-10-25(2)23-26/h8,10-19,23,32,38H,5-7,9,20-22,24H2,1-4H3. The van der Waals surface area contributed by atoms with Gasteiger partial charge in [-0.3, -0.25) is 9.59 Å². The number of Topliss-reactive ketones (excluding diaryl/α,β-unsaturated/α-hetero) is 1. The largest absolute Gasteiger partial charge is 0.507 e. The molecule has 1 N–H and O–H groups in total. The Hall–Kier alpha value is -4.10. The highest BCUT2D eigenvalue weighted by atomic mass is 16.5. The summed E-state index contributed by atoms with van der Waals surface area (Å²) in [7, 11) is 3.94. The van der Waals surface area contributed by atoms with Crippen molar-refractivity contribution >= 4 is 17.4 Å². The number of nitrogens with zero attached hydrogens (tertiary/aromatic N) is 2. The lowest BCUT2D eigenvalue weighted by atomic mass is 9.95. The van der Waals surface area contributed by atoms with E-state index in [9.17, 15) is 14.7 Å². The quantitative estimate of drug-likeness (QED) is 0.103. The number of aryl methyl sites for hydroxylation is 1. The van der Waals surface area contributed by atoms with Crippen LogP contribution in [0, 0.1) is 6.92 Å². The molecule has 3 aromatic rings. The van der Waals surface area contributed by atoms with Crippen LogP contribution in [0.5, 0.6) is 11.5 Å². The summed E-state index contributed by atoms with van der Waals surface area (Å²) in [5.41, 5.74) is 3.52. The van der Waals surface area contributed by atoms with Gasteiger partial charge in [-0.25, -0.2) is 0 Å². The van der Waals surface area contributed by atoms with E-state index in [4.69, 9.17) is 9.47 Å². The summed E-state index contributed by atoms with van der Waals surface area (Å²) in [6, 6.07) is 21.8. The van der Waals surface area contributed by atoms with Crippen molar-refractivity contribution in [3.8, 4) is 11.5 Å². The van der Waals surface area contributed by atoms with Gasteiger partial charge >= 0.3 is 0 Å². The van der Waals surface area contributed by atoms with Crippen molar-refractivity contribution in [3.63, 3.8) is 0 Å². The van der Waals surface area contributed by atoms with E-state index in [1.807, 2.05) is 68.4 Å². The van der Waals surface area contributed by atoms with Crippen molar-refractivity contribution in [2.24, 2.45) is 0 Å². The van der Waals surface area contributed by atoms with Crippen molar-refractivity contribution < 1.29 is 24.2 Å². The number of carbonyl (C=O) groups excluding carboxylic acids is 2. The number of rotatable bonds is 14. The number of unbranched alkanes of at least 4 members (excludes halogenated alkanes) is 2. The third kappa shape index (κ3) is 7.79. The Kier molecular flexibility index (Phi) is 10.8. The molecule has 1 atom stereocenters. The van der Waals surface area contributed by atoms with Gasteiger partial charge in [0.25, 0.3) is 11.7 Å². The molecule has 0 aromatic heterocycles. The van der Waals surface area contributed by atoms with E-state index < -0.39 is 17.7 Å². The Morgan fingerprint density at radius 1 is 0.905 bits per heavy atom. The van der Waals surface area contributed by atoms with Gasteiger partial charge < -0.3 is 24.4 Å². The van der Waals surface area contributed by atoms with Gasteiger partial charge in [-0.05, 0) is 87.9 Å². The molecule has 1 fully saturated rings. The first kappa shape index (κ1) is 30.8. The number of aliphatic hydroxyl groups is 1. The SMILES string of the molecule is CCCCCOc1ccc(C2C(=C(O)c3ccc(OCc4cccc(C)c4)cc3)C(=O)C(=O)N2CCCN(C)C)cc1. The minimum atomic E-state index is -0.696. The molecule has 1 unspecified atom stereocenters. The fraction of sp³-hybridized carbons (Fsp3) is 0.371. The van der Waals surface area contributed by atoms with Crippen molar-refractivity contribution in [1.29, 1.82) is 0 Å². The van der Waals surface area contributed by atoms with Crippen LogP contribution >= 0.6 is 0 Å². The molecule has 222 valence electrons. The Morgan fingerprint density at radius 2 is 1.60 bits per heavy atom. The van der Waals surface area contributed by atoms with Crippen LogP contribution in [0.2, 0.25) is 0 Å². The molecule has 42 heavy (non-hydrogen) atoms. The maximum Gasteiger partial charge on any atom is 0.295 e. The Bertz CT molecular complexity index is 1380. The number of hydrogen-bond acceptors (Lipinski definition) is 6.